The van der Waals surface area contributed by atoms with E-state index in [9.17, 15) is 0 Å². The second kappa shape index (κ2) is 16.3. The molecule has 0 saturated carbocycles. The number of hydrogen-bond acceptors (Lipinski definition) is 4. The van der Waals surface area contributed by atoms with Gasteiger partial charge in [-0.05, 0) is 111 Å². The Morgan fingerprint density at radius 3 is 0.954 bits per heavy atom. The minimum atomic E-state index is 0.809. The van der Waals surface area contributed by atoms with Crippen molar-refractivity contribution in [1.29, 1.82) is 0 Å². The fourth-order valence-corrected chi connectivity index (χ4v) is 9.30. The standard InChI is InChI=1S/C61H40N4/c1-5-13-42(14-6-1)48-29-31-62-58-36-54-50(44-17-9-3-10-18-44)34-56(64-60(54)38-52(48)58)46-25-21-40(22-26-46)33-41-23-27-47(28-24-41)57-35-51(45-19-11-4-12-20-45)55-37-59-53(39-61(55)65-57)49(30-32-63-59)43-15-7-2-8-16-43/h1-32,34-39H,33H2. The van der Waals surface area contributed by atoms with Gasteiger partial charge in [-0.2, -0.15) is 0 Å². The van der Waals surface area contributed by atoms with E-state index in [-0.39, 0.29) is 0 Å². The molecule has 0 radical (unpaired) electrons. The van der Waals surface area contributed by atoms with Crippen molar-refractivity contribution in [2.45, 2.75) is 6.42 Å². The van der Waals surface area contributed by atoms with Gasteiger partial charge in [-0.15, -0.1) is 0 Å². The van der Waals surface area contributed by atoms with Gasteiger partial charge in [0.1, 0.15) is 0 Å². The lowest BCUT2D eigenvalue weighted by Gasteiger charge is -2.14. The molecule has 0 spiro atoms. The number of rotatable bonds is 8. The quantitative estimate of drug-likeness (QED) is 0.143. The molecule has 8 aromatic carbocycles. The highest BCUT2D eigenvalue weighted by atomic mass is 14.7. The third-order valence-electron chi connectivity index (χ3n) is 12.6. The van der Waals surface area contributed by atoms with Crippen LogP contribution in [-0.4, -0.2) is 19.9 Å². The van der Waals surface area contributed by atoms with E-state index in [1.807, 2.05) is 12.4 Å². The second-order valence-electron chi connectivity index (χ2n) is 16.6. The molecule has 0 fully saturated rings. The Labute approximate surface area is 377 Å². The molecule has 4 heterocycles. The van der Waals surface area contributed by atoms with Crippen LogP contribution < -0.4 is 0 Å². The number of nitrogens with zero attached hydrogens (tertiary/aromatic N) is 4. The van der Waals surface area contributed by atoms with Crippen molar-refractivity contribution in [1.82, 2.24) is 19.9 Å². The molecule has 65 heavy (non-hydrogen) atoms. The van der Waals surface area contributed by atoms with E-state index in [1.165, 1.54) is 11.1 Å². The average molecular weight is 829 g/mol. The Morgan fingerprint density at radius 1 is 0.262 bits per heavy atom. The summed E-state index contributed by atoms with van der Waals surface area (Å²) >= 11 is 0. The summed E-state index contributed by atoms with van der Waals surface area (Å²) in [4.78, 5) is 20.2. The zero-order valence-corrected chi connectivity index (χ0v) is 35.4. The van der Waals surface area contributed by atoms with Crippen molar-refractivity contribution in [2.24, 2.45) is 0 Å². The Kier molecular flexibility index (Phi) is 9.53. The highest BCUT2D eigenvalue weighted by Gasteiger charge is 2.16. The molecule has 0 N–H and O–H groups in total. The Morgan fingerprint density at radius 2 is 0.585 bits per heavy atom. The summed E-state index contributed by atoms with van der Waals surface area (Å²) in [5.74, 6) is 0. The molecule has 0 amide bonds. The summed E-state index contributed by atoms with van der Waals surface area (Å²) in [6.07, 6.45) is 4.62. The van der Waals surface area contributed by atoms with Crippen LogP contribution in [0.2, 0.25) is 0 Å². The SMILES string of the molecule is c1ccc(-c2ccnc3cc4c(-c5ccccc5)cc(-c5ccc(Cc6ccc(-c7cc(-c8ccccc8)c8cc9nccc(-c%10ccccc%10)c9cc8n7)cc6)cc5)nc4cc23)cc1. The Hall–Kier alpha value is -8.60. The van der Waals surface area contributed by atoms with E-state index in [4.69, 9.17) is 19.9 Å². The smallest absolute Gasteiger partial charge is 0.0723 e. The highest BCUT2D eigenvalue weighted by molar-refractivity contribution is 6.08. The zero-order valence-electron chi connectivity index (χ0n) is 35.4. The molecular weight excluding hydrogens is 789 g/mol. The molecule has 0 bridgehead atoms. The van der Waals surface area contributed by atoms with Gasteiger partial charge in [-0.1, -0.05) is 170 Å². The van der Waals surface area contributed by atoms with Gasteiger partial charge in [-0.3, -0.25) is 9.97 Å². The van der Waals surface area contributed by atoms with Crippen LogP contribution in [-0.2, 0) is 6.42 Å². The molecule has 0 saturated heterocycles. The molecule has 4 heteroatoms. The minimum Gasteiger partial charge on any atom is -0.256 e. The van der Waals surface area contributed by atoms with Gasteiger partial charge in [-0.25, -0.2) is 9.97 Å². The molecule has 4 nitrogen and oxygen atoms in total. The van der Waals surface area contributed by atoms with E-state index >= 15 is 0 Å². The molecule has 0 aliphatic rings. The topological polar surface area (TPSA) is 51.6 Å². The molecule has 12 aromatic rings. The third kappa shape index (κ3) is 7.27. The average Bonchev–Trinajstić information content (AvgIpc) is 3.38. The summed E-state index contributed by atoms with van der Waals surface area (Å²) in [5, 5.41) is 4.35. The maximum Gasteiger partial charge on any atom is 0.0723 e. The first-order valence-electron chi connectivity index (χ1n) is 22.1. The van der Waals surface area contributed by atoms with Gasteiger partial charge in [0.05, 0.1) is 33.5 Å². The molecule has 0 atom stereocenters. The second-order valence-corrected chi connectivity index (χ2v) is 16.6. The normalized spacial score (nSPS) is 11.4. The first-order chi connectivity index (χ1) is 32.2. The van der Waals surface area contributed by atoms with Crippen LogP contribution in [0, 0.1) is 0 Å². The van der Waals surface area contributed by atoms with E-state index < -0.39 is 0 Å². The highest BCUT2D eigenvalue weighted by Crippen LogP contribution is 2.39. The lowest BCUT2D eigenvalue weighted by atomic mass is 9.94. The monoisotopic (exact) mass is 828 g/mol. The molecule has 12 rings (SSSR count). The van der Waals surface area contributed by atoms with Gasteiger partial charge in [0, 0.05) is 45.1 Å². The molecule has 0 aliphatic carbocycles. The van der Waals surface area contributed by atoms with Crippen molar-refractivity contribution >= 4 is 43.6 Å². The predicted molar refractivity (Wildman–Crippen MR) is 270 cm³/mol. The van der Waals surface area contributed by atoms with E-state index in [0.29, 0.717) is 0 Å². The summed E-state index contributed by atoms with van der Waals surface area (Å²) in [6.45, 7) is 0. The van der Waals surface area contributed by atoms with E-state index in [1.54, 1.807) is 0 Å². The Bertz CT molecular complexity index is 3440. The molecule has 0 unspecified atom stereocenters. The van der Waals surface area contributed by atoms with Crippen LogP contribution in [0.5, 0.6) is 0 Å². The molecular formula is C61H40N4. The maximum atomic E-state index is 5.31. The van der Waals surface area contributed by atoms with Crippen LogP contribution in [0.25, 0.3) is 111 Å². The first kappa shape index (κ1) is 38.1. The van der Waals surface area contributed by atoms with Crippen molar-refractivity contribution in [3.63, 3.8) is 0 Å². The maximum absolute atomic E-state index is 5.31. The van der Waals surface area contributed by atoms with Crippen molar-refractivity contribution < 1.29 is 0 Å². The van der Waals surface area contributed by atoms with Crippen LogP contribution in [0.15, 0.2) is 231 Å². The predicted octanol–water partition coefficient (Wildman–Crippen LogP) is 15.5. The summed E-state index contributed by atoms with van der Waals surface area (Å²) in [5.41, 5.74) is 19.5. The van der Waals surface area contributed by atoms with Gasteiger partial charge in [0.25, 0.3) is 0 Å². The summed E-state index contributed by atoms with van der Waals surface area (Å²) < 4.78 is 0. The van der Waals surface area contributed by atoms with E-state index in [0.717, 1.165) is 117 Å². The van der Waals surface area contributed by atoms with Crippen LogP contribution in [0.1, 0.15) is 11.1 Å². The van der Waals surface area contributed by atoms with Crippen LogP contribution in [0.4, 0.5) is 0 Å². The fourth-order valence-electron chi connectivity index (χ4n) is 9.30. The summed E-state index contributed by atoms with van der Waals surface area (Å²) in [7, 11) is 0. The van der Waals surface area contributed by atoms with Crippen LogP contribution in [0.3, 0.4) is 0 Å². The first-order valence-corrected chi connectivity index (χ1v) is 22.1. The Balaban J connectivity index is 0.872. The number of fused-ring (bicyclic) bond motifs is 4. The van der Waals surface area contributed by atoms with Gasteiger partial charge in [0.2, 0.25) is 0 Å². The van der Waals surface area contributed by atoms with Gasteiger partial charge >= 0.3 is 0 Å². The number of pyridine rings is 4. The summed E-state index contributed by atoms with van der Waals surface area (Å²) in [6, 6.07) is 77.4. The molecule has 304 valence electrons. The van der Waals surface area contributed by atoms with E-state index in [2.05, 4.69) is 218 Å². The lowest BCUT2D eigenvalue weighted by Crippen LogP contribution is -1.94. The lowest BCUT2D eigenvalue weighted by molar-refractivity contribution is 1.19. The van der Waals surface area contributed by atoms with Crippen LogP contribution >= 0.6 is 0 Å². The minimum absolute atomic E-state index is 0.809. The largest absolute Gasteiger partial charge is 0.256 e. The number of aromatic nitrogens is 4. The number of hydrogen-bond donors (Lipinski definition) is 0. The van der Waals surface area contributed by atoms with Crippen molar-refractivity contribution in [2.75, 3.05) is 0 Å². The third-order valence-corrected chi connectivity index (χ3v) is 12.6. The van der Waals surface area contributed by atoms with Crippen molar-refractivity contribution in [3.05, 3.63) is 242 Å². The molecule has 0 aliphatic heterocycles. The number of benzene rings is 8. The molecule has 4 aromatic heterocycles. The van der Waals surface area contributed by atoms with Crippen molar-refractivity contribution in [3.8, 4) is 67.0 Å². The van der Waals surface area contributed by atoms with Gasteiger partial charge < -0.3 is 0 Å². The van der Waals surface area contributed by atoms with Gasteiger partial charge in [0.15, 0.2) is 0 Å². The zero-order chi connectivity index (χ0) is 43.1. The fraction of sp³-hybridized carbons (Fsp3) is 0.0164.